The molecular weight excluding hydrogens is 318 g/mol. The molecule has 8 heteroatoms. The van der Waals surface area contributed by atoms with Crippen molar-refractivity contribution < 1.29 is 22.7 Å². The van der Waals surface area contributed by atoms with E-state index in [0.29, 0.717) is 0 Å². The smallest absolute Gasteiger partial charge is 0.400 e. The summed E-state index contributed by atoms with van der Waals surface area (Å²) in [5, 5.41) is 0.272. The van der Waals surface area contributed by atoms with Crippen molar-refractivity contribution in [2.24, 2.45) is 0 Å². The Labute approximate surface area is 123 Å². The Morgan fingerprint density at radius 1 is 1.20 bits per heavy atom. The van der Waals surface area contributed by atoms with Gasteiger partial charge in [0.2, 0.25) is 5.78 Å². The number of alkyl halides is 3. The second-order valence-electron chi connectivity index (χ2n) is 3.99. The van der Waals surface area contributed by atoms with Gasteiger partial charge in [-0.1, -0.05) is 23.2 Å². The molecule has 0 spiro atoms. The number of Topliss-reactive ketones (excluding diaryl/α,β-unsaturated/α-hetero) is 1. The van der Waals surface area contributed by atoms with Crippen LogP contribution in [0.25, 0.3) is 0 Å². The van der Waals surface area contributed by atoms with Crippen LogP contribution in [0.1, 0.15) is 10.4 Å². The van der Waals surface area contributed by atoms with E-state index < -0.39 is 17.9 Å². The summed E-state index contributed by atoms with van der Waals surface area (Å²) in [6.07, 6.45) is -4.05. The molecule has 0 aliphatic carbocycles. The van der Waals surface area contributed by atoms with Crippen LogP contribution in [0.15, 0.2) is 30.2 Å². The number of ether oxygens (including phenoxy) is 1. The van der Waals surface area contributed by atoms with E-state index >= 15 is 0 Å². The van der Waals surface area contributed by atoms with Gasteiger partial charge in [-0.3, -0.25) is 4.79 Å². The number of hydrogen-bond acceptors (Lipinski definition) is 3. The summed E-state index contributed by atoms with van der Waals surface area (Å²) in [5.41, 5.74) is -0.0974. The molecule has 1 aromatic carbocycles. The normalized spacial score (nSPS) is 12.2. The molecule has 20 heavy (non-hydrogen) atoms. The fourth-order valence-corrected chi connectivity index (χ4v) is 1.84. The Morgan fingerprint density at radius 3 is 2.10 bits per heavy atom. The lowest BCUT2D eigenvalue weighted by Crippen LogP contribution is -2.20. The summed E-state index contributed by atoms with van der Waals surface area (Å²) in [6.45, 7) is 0. The summed E-state index contributed by atoms with van der Waals surface area (Å²) < 4.78 is 40.6. The predicted molar refractivity (Wildman–Crippen MR) is 69.7 cm³/mol. The van der Waals surface area contributed by atoms with Gasteiger partial charge in [0.15, 0.2) is 5.76 Å². The third-order valence-corrected chi connectivity index (χ3v) is 2.39. The topological polar surface area (TPSA) is 29.5 Å². The predicted octanol–water partition coefficient (Wildman–Crippen LogP) is 4.12. The van der Waals surface area contributed by atoms with Crippen LogP contribution in [0.2, 0.25) is 10.0 Å². The molecule has 0 atom stereocenters. The Bertz CT molecular complexity index is 522. The molecule has 0 unspecified atom stereocenters. The van der Waals surface area contributed by atoms with E-state index in [4.69, 9.17) is 23.2 Å². The molecule has 0 aromatic heterocycles. The van der Waals surface area contributed by atoms with Crippen LogP contribution in [0.5, 0.6) is 0 Å². The fourth-order valence-electron chi connectivity index (χ4n) is 1.32. The first-order chi connectivity index (χ1) is 9.08. The molecule has 0 radical (unpaired) electrons. The van der Waals surface area contributed by atoms with E-state index in [9.17, 15) is 18.0 Å². The number of carbonyl (C=O) groups excluding carboxylic acids is 1. The highest BCUT2D eigenvalue weighted by Crippen LogP contribution is 2.26. The van der Waals surface area contributed by atoms with Gasteiger partial charge in [-0.05, 0) is 18.2 Å². The van der Waals surface area contributed by atoms with Crippen LogP contribution in [0.3, 0.4) is 0 Å². The van der Waals surface area contributed by atoms with Gasteiger partial charge in [0.1, 0.15) is 0 Å². The number of nitrogens with zero attached hydrogens (tertiary/aromatic N) is 1. The summed E-state index contributed by atoms with van der Waals surface area (Å²) >= 11 is 11.4. The Morgan fingerprint density at radius 2 is 1.70 bits per heavy atom. The molecule has 0 aliphatic rings. The van der Waals surface area contributed by atoms with Crippen LogP contribution in [-0.4, -0.2) is 31.1 Å². The second kappa shape index (κ2) is 6.37. The molecule has 0 heterocycles. The minimum absolute atomic E-state index is 0.0974. The quantitative estimate of drug-likeness (QED) is 0.473. The largest absolute Gasteiger partial charge is 0.573 e. The lowest BCUT2D eigenvalue weighted by atomic mass is 10.1. The second-order valence-corrected chi connectivity index (χ2v) is 4.86. The molecule has 0 bridgehead atoms. The molecule has 3 nitrogen and oxygen atoms in total. The average Bonchev–Trinajstić information content (AvgIpc) is 2.23. The van der Waals surface area contributed by atoms with Crippen molar-refractivity contribution >= 4 is 29.0 Å². The van der Waals surface area contributed by atoms with E-state index in [1.54, 1.807) is 0 Å². The fraction of sp³-hybridized carbons (Fsp3) is 0.250. The summed E-state index contributed by atoms with van der Waals surface area (Å²) in [4.78, 5) is 13.3. The number of halogens is 5. The number of allylic oxidation sites excluding steroid dienone is 1. The van der Waals surface area contributed by atoms with Crippen molar-refractivity contribution in [1.82, 2.24) is 4.90 Å². The molecule has 0 saturated carbocycles. The molecule has 0 aliphatic heterocycles. The molecule has 0 amide bonds. The lowest BCUT2D eigenvalue weighted by molar-refractivity contribution is -0.303. The van der Waals surface area contributed by atoms with Gasteiger partial charge in [0.05, 0.1) is 0 Å². The van der Waals surface area contributed by atoms with Crippen molar-refractivity contribution in [2.45, 2.75) is 6.36 Å². The molecule has 110 valence electrons. The highest BCUT2D eigenvalue weighted by atomic mass is 35.5. The van der Waals surface area contributed by atoms with E-state index in [0.717, 1.165) is 6.20 Å². The van der Waals surface area contributed by atoms with Crippen molar-refractivity contribution in [1.29, 1.82) is 0 Å². The van der Waals surface area contributed by atoms with Crippen molar-refractivity contribution in [3.8, 4) is 0 Å². The van der Waals surface area contributed by atoms with Gasteiger partial charge < -0.3 is 9.64 Å². The highest BCUT2D eigenvalue weighted by molar-refractivity contribution is 6.35. The van der Waals surface area contributed by atoms with E-state index in [-0.39, 0.29) is 15.6 Å². The third kappa shape index (κ3) is 5.30. The first kappa shape index (κ1) is 16.7. The Kier molecular flexibility index (Phi) is 5.30. The van der Waals surface area contributed by atoms with E-state index in [1.807, 2.05) is 0 Å². The number of rotatable bonds is 4. The Hall–Kier alpha value is -1.40. The van der Waals surface area contributed by atoms with E-state index in [1.165, 1.54) is 37.2 Å². The molecule has 0 fully saturated rings. The average molecular weight is 328 g/mol. The SMILES string of the molecule is CN(C)C=C(OC(F)(F)F)C(=O)c1cc(Cl)cc(Cl)c1. The maximum atomic E-state index is 12.3. The van der Waals surface area contributed by atoms with Crippen molar-refractivity contribution in [3.63, 3.8) is 0 Å². The van der Waals surface area contributed by atoms with Crippen LogP contribution < -0.4 is 0 Å². The first-order valence-electron chi connectivity index (χ1n) is 5.23. The number of carbonyl (C=O) groups is 1. The number of ketones is 1. The van der Waals surface area contributed by atoms with Gasteiger partial charge in [-0.2, -0.15) is 0 Å². The first-order valence-corrected chi connectivity index (χ1v) is 5.99. The summed E-state index contributed by atoms with van der Waals surface area (Å²) in [6, 6.07) is 3.78. The summed E-state index contributed by atoms with van der Waals surface area (Å²) in [7, 11) is 2.91. The zero-order valence-electron chi connectivity index (χ0n) is 10.5. The van der Waals surface area contributed by atoms with Crippen molar-refractivity contribution in [3.05, 3.63) is 45.8 Å². The standard InChI is InChI=1S/C12H10Cl2F3NO2/c1-18(2)6-10(20-12(15,16)17)11(19)7-3-8(13)5-9(14)4-7/h3-6H,1-2H3. The summed E-state index contributed by atoms with van der Waals surface area (Å²) in [5.74, 6) is -1.85. The molecule has 1 aromatic rings. The number of hydrogen-bond donors (Lipinski definition) is 0. The lowest BCUT2D eigenvalue weighted by Gasteiger charge is -2.14. The van der Waals surface area contributed by atoms with Gasteiger partial charge in [0.25, 0.3) is 0 Å². The van der Waals surface area contributed by atoms with Gasteiger partial charge in [-0.15, -0.1) is 13.2 Å². The van der Waals surface area contributed by atoms with Gasteiger partial charge in [0, 0.05) is 35.9 Å². The van der Waals surface area contributed by atoms with Crippen LogP contribution in [0, 0.1) is 0 Å². The maximum absolute atomic E-state index is 12.3. The molecule has 1 rings (SSSR count). The van der Waals surface area contributed by atoms with Crippen LogP contribution >= 0.6 is 23.2 Å². The van der Waals surface area contributed by atoms with Crippen LogP contribution in [-0.2, 0) is 4.74 Å². The van der Waals surface area contributed by atoms with Crippen molar-refractivity contribution in [2.75, 3.05) is 14.1 Å². The minimum atomic E-state index is -4.97. The highest BCUT2D eigenvalue weighted by Gasteiger charge is 2.34. The zero-order chi connectivity index (χ0) is 15.5. The van der Waals surface area contributed by atoms with Gasteiger partial charge >= 0.3 is 6.36 Å². The number of benzene rings is 1. The molecular formula is C12H10Cl2F3NO2. The molecule has 0 N–H and O–H groups in total. The van der Waals surface area contributed by atoms with E-state index in [2.05, 4.69) is 4.74 Å². The van der Waals surface area contributed by atoms with Gasteiger partial charge in [-0.25, -0.2) is 0 Å². The monoisotopic (exact) mass is 327 g/mol. The third-order valence-electron chi connectivity index (χ3n) is 1.95. The zero-order valence-corrected chi connectivity index (χ0v) is 12.0. The van der Waals surface area contributed by atoms with Crippen LogP contribution in [0.4, 0.5) is 13.2 Å². The Balaban J connectivity index is 3.17. The maximum Gasteiger partial charge on any atom is 0.573 e. The molecule has 0 saturated heterocycles. The minimum Gasteiger partial charge on any atom is -0.400 e.